The number of nitrogens with zero attached hydrogens (tertiary/aromatic N) is 1. The third-order valence-electron chi connectivity index (χ3n) is 3.55. The van der Waals surface area contributed by atoms with Gasteiger partial charge >= 0.3 is 0 Å². The second kappa shape index (κ2) is 8.45. The van der Waals surface area contributed by atoms with Gasteiger partial charge in [-0.3, -0.25) is 14.6 Å². The van der Waals surface area contributed by atoms with Crippen LogP contribution in [-0.4, -0.2) is 16.8 Å². The Kier molecular flexibility index (Phi) is 6.02. The Balaban J connectivity index is 1.86. The van der Waals surface area contributed by atoms with Crippen molar-refractivity contribution in [1.29, 1.82) is 0 Å². The molecule has 2 amide bonds. The van der Waals surface area contributed by atoms with Gasteiger partial charge in [0.1, 0.15) is 11.5 Å². The molecular formula is C19H12ClFIN3O2. The highest BCUT2D eigenvalue weighted by Gasteiger charge is 2.15. The molecule has 0 saturated heterocycles. The molecule has 8 heteroatoms. The molecule has 1 heterocycles. The first-order valence-corrected chi connectivity index (χ1v) is 9.18. The van der Waals surface area contributed by atoms with Crippen molar-refractivity contribution < 1.29 is 14.0 Å². The first-order chi connectivity index (χ1) is 12.9. The molecule has 0 aliphatic rings. The summed E-state index contributed by atoms with van der Waals surface area (Å²) in [7, 11) is 0. The average Bonchev–Trinajstić information content (AvgIpc) is 2.64. The standard InChI is InChI=1S/C19H12ClFIN3O2/c20-11-4-6-13(14(22)9-11)18(26)25-17-10-12(21)5-7-15(17)24-19(27)16-3-1-2-8-23-16/h1-10H,(H,24,27)(H,25,26). The van der Waals surface area contributed by atoms with E-state index in [-0.39, 0.29) is 17.1 Å². The Labute approximate surface area is 173 Å². The van der Waals surface area contributed by atoms with E-state index in [2.05, 4.69) is 15.6 Å². The number of benzene rings is 2. The minimum Gasteiger partial charge on any atom is -0.320 e. The maximum atomic E-state index is 13.7. The smallest absolute Gasteiger partial charge is 0.274 e. The van der Waals surface area contributed by atoms with Gasteiger partial charge in [-0.15, -0.1) is 0 Å². The molecule has 0 bridgehead atoms. The van der Waals surface area contributed by atoms with Crippen molar-refractivity contribution in [2.75, 3.05) is 10.6 Å². The highest BCUT2D eigenvalue weighted by molar-refractivity contribution is 14.1. The van der Waals surface area contributed by atoms with Crippen LogP contribution in [0.4, 0.5) is 15.8 Å². The summed E-state index contributed by atoms with van der Waals surface area (Å²) < 4.78 is 14.3. The van der Waals surface area contributed by atoms with E-state index < -0.39 is 17.6 Å². The van der Waals surface area contributed by atoms with Gasteiger partial charge in [0.05, 0.1) is 16.9 Å². The van der Waals surface area contributed by atoms with Crippen LogP contribution < -0.4 is 10.6 Å². The lowest BCUT2D eigenvalue weighted by Crippen LogP contribution is -2.18. The minimum atomic E-state index is -0.549. The number of carbonyl (C=O) groups is 2. The van der Waals surface area contributed by atoms with Crippen LogP contribution in [0.15, 0.2) is 60.8 Å². The van der Waals surface area contributed by atoms with Gasteiger partial charge in [0.15, 0.2) is 0 Å². The molecule has 2 aromatic carbocycles. The molecule has 0 atom stereocenters. The number of anilines is 2. The maximum absolute atomic E-state index is 13.7. The Morgan fingerprint density at radius 1 is 0.963 bits per heavy atom. The van der Waals surface area contributed by atoms with Crippen LogP contribution in [0.5, 0.6) is 0 Å². The molecule has 2 N–H and O–H groups in total. The number of pyridine rings is 1. The molecule has 0 radical (unpaired) electrons. The molecule has 0 aliphatic carbocycles. The quantitative estimate of drug-likeness (QED) is 0.502. The van der Waals surface area contributed by atoms with Crippen molar-refractivity contribution in [3.8, 4) is 0 Å². The third kappa shape index (κ3) is 4.81. The number of nitrogens with one attached hydrogen (secondary N) is 2. The molecule has 0 aliphatic heterocycles. The Bertz CT molecular complexity index is 1020. The lowest BCUT2D eigenvalue weighted by molar-refractivity contribution is 0.101. The number of amides is 2. The zero-order valence-electron chi connectivity index (χ0n) is 13.7. The van der Waals surface area contributed by atoms with E-state index in [4.69, 9.17) is 11.6 Å². The predicted molar refractivity (Wildman–Crippen MR) is 111 cm³/mol. The summed E-state index contributed by atoms with van der Waals surface area (Å²) in [6.07, 6.45) is 1.49. The SMILES string of the molecule is O=C(Nc1ccc(F)cc1NC(=O)c1ccc(Cl)cc1I)c1ccccn1. The summed E-state index contributed by atoms with van der Waals surface area (Å²) >= 11 is 7.89. The molecule has 0 spiro atoms. The van der Waals surface area contributed by atoms with Gasteiger partial charge in [-0.1, -0.05) is 17.7 Å². The summed E-state index contributed by atoms with van der Waals surface area (Å²) in [5.41, 5.74) is 0.969. The van der Waals surface area contributed by atoms with Crippen molar-refractivity contribution in [2.24, 2.45) is 0 Å². The molecule has 0 saturated carbocycles. The monoisotopic (exact) mass is 495 g/mol. The van der Waals surface area contributed by atoms with Gasteiger partial charge < -0.3 is 10.6 Å². The fraction of sp³-hybridized carbons (Fsp3) is 0. The fourth-order valence-corrected chi connectivity index (χ4v) is 3.39. The van der Waals surface area contributed by atoms with Gasteiger partial charge in [-0.05, 0) is 71.1 Å². The number of hydrogen-bond donors (Lipinski definition) is 2. The van der Waals surface area contributed by atoms with Crippen LogP contribution in [0.1, 0.15) is 20.8 Å². The Morgan fingerprint density at radius 3 is 2.44 bits per heavy atom. The van der Waals surface area contributed by atoms with E-state index in [0.29, 0.717) is 14.2 Å². The van der Waals surface area contributed by atoms with E-state index >= 15 is 0 Å². The number of rotatable bonds is 4. The number of hydrogen-bond acceptors (Lipinski definition) is 3. The van der Waals surface area contributed by atoms with E-state index in [1.54, 1.807) is 36.4 Å². The van der Waals surface area contributed by atoms with Crippen LogP contribution in [0.3, 0.4) is 0 Å². The molecule has 3 rings (SSSR count). The molecule has 27 heavy (non-hydrogen) atoms. The van der Waals surface area contributed by atoms with Crippen molar-refractivity contribution in [2.45, 2.75) is 0 Å². The molecule has 136 valence electrons. The highest BCUT2D eigenvalue weighted by atomic mass is 127. The van der Waals surface area contributed by atoms with Gasteiger partial charge in [0.25, 0.3) is 11.8 Å². The zero-order valence-corrected chi connectivity index (χ0v) is 16.6. The van der Waals surface area contributed by atoms with E-state index in [0.717, 1.165) is 6.07 Å². The first-order valence-electron chi connectivity index (χ1n) is 7.72. The largest absolute Gasteiger partial charge is 0.320 e. The Morgan fingerprint density at radius 2 is 1.74 bits per heavy atom. The van der Waals surface area contributed by atoms with Gasteiger partial charge in [0, 0.05) is 14.8 Å². The predicted octanol–water partition coefficient (Wildman–Crippen LogP) is 4.98. The summed E-state index contributed by atoms with van der Waals surface area (Å²) in [5.74, 6) is -1.47. The normalized spacial score (nSPS) is 10.3. The lowest BCUT2D eigenvalue weighted by Gasteiger charge is -2.13. The van der Waals surface area contributed by atoms with Crippen LogP contribution >= 0.6 is 34.2 Å². The molecule has 0 unspecified atom stereocenters. The van der Waals surface area contributed by atoms with Crippen LogP contribution in [0.2, 0.25) is 5.02 Å². The topological polar surface area (TPSA) is 71.1 Å². The molecule has 3 aromatic rings. The first kappa shape index (κ1) is 19.2. The van der Waals surface area contributed by atoms with Gasteiger partial charge in [0.2, 0.25) is 0 Å². The number of carbonyl (C=O) groups excluding carboxylic acids is 2. The van der Waals surface area contributed by atoms with Crippen molar-refractivity contribution in [3.63, 3.8) is 0 Å². The molecule has 0 fully saturated rings. The maximum Gasteiger partial charge on any atom is 0.274 e. The van der Waals surface area contributed by atoms with Gasteiger partial charge in [-0.2, -0.15) is 0 Å². The summed E-state index contributed by atoms with van der Waals surface area (Å²) in [6.45, 7) is 0. The second-order valence-electron chi connectivity index (χ2n) is 5.44. The molecule has 5 nitrogen and oxygen atoms in total. The summed E-state index contributed by atoms with van der Waals surface area (Å²) in [6, 6.07) is 13.4. The Hall–Kier alpha value is -2.52. The van der Waals surface area contributed by atoms with E-state index in [9.17, 15) is 14.0 Å². The third-order valence-corrected chi connectivity index (χ3v) is 4.68. The van der Waals surface area contributed by atoms with E-state index in [1.165, 1.54) is 18.3 Å². The highest BCUT2D eigenvalue weighted by Crippen LogP contribution is 2.25. The molecule has 1 aromatic heterocycles. The second-order valence-corrected chi connectivity index (χ2v) is 7.04. The minimum absolute atomic E-state index is 0.134. The summed E-state index contributed by atoms with van der Waals surface area (Å²) in [4.78, 5) is 28.8. The number of aromatic nitrogens is 1. The van der Waals surface area contributed by atoms with E-state index in [1.807, 2.05) is 22.6 Å². The molecular weight excluding hydrogens is 484 g/mol. The van der Waals surface area contributed by atoms with Crippen molar-refractivity contribution >= 4 is 57.4 Å². The average molecular weight is 496 g/mol. The van der Waals surface area contributed by atoms with Gasteiger partial charge in [-0.25, -0.2) is 4.39 Å². The van der Waals surface area contributed by atoms with Crippen molar-refractivity contribution in [3.05, 3.63) is 86.5 Å². The van der Waals surface area contributed by atoms with Crippen LogP contribution in [0, 0.1) is 9.39 Å². The zero-order chi connectivity index (χ0) is 19.4. The van der Waals surface area contributed by atoms with Crippen LogP contribution in [0.25, 0.3) is 0 Å². The van der Waals surface area contributed by atoms with Crippen molar-refractivity contribution in [1.82, 2.24) is 4.98 Å². The summed E-state index contributed by atoms with van der Waals surface area (Å²) in [5, 5.41) is 5.76. The lowest BCUT2D eigenvalue weighted by atomic mass is 10.2. The fourth-order valence-electron chi connectivity index (χ4n) is 2.28. The van der Waals surface area contributed by atoms with Crippen LogP contribution in [-0.2, 0) is 0 Å². The number of halogens is 3.